The number of ether oxygens (including phenoxy) is 2. The van der Waals surface area contributed by atoms with Gasteiger partial charge in [-0.1, -0.05) is 12.7 Å². The standard InChI is InChI=1S/C18H20O4/c1-6-11(4)18(20)22-17-14-9-13(12(5)19)7-8-15(14)21-16(17)10(2)3/h6-9,16-17H,2H2,1,3-5H3/b11-6-/t16-,17+/m0/s1. The van der Waals surface area contributed by atoms with Crippen molar-refractivity contribution in [3.8, 4) is 5.75 Å². The predicted molar refractivity (Wildman–Crippen MR) is 83.9 cm³/mol. The number of esters is 1. The average Bonchev–Trinajstić information content (AvgIpc) is 2.84. The van der Waals surface area contributed by atoms with Crippen LogP contribution in [0.15, 0.2) is 42.0 Å². The summed E-state index contributed by atoms with van der Waals surface area (Å²) in [6, 6.07) is 5.17. The molecule has 1 heterocycles. The molecule has 4 nitrogen and oxygen atoms in total. The maximum atomic E-state index is 12.1. The number of carbonyl (C=O) groups excluding carboxylic acids is 2. The van der Waals surface area contributed by atoms with Gasteiger partial charge >= 0.3 is 5.97 Å². The number of carbonyl (C=O) groups is 2. The van der Waals surface area contributed by atoms with Crippen LogP contribution in [0, 0.1) is 0 Å². The van der Waals surface area contributed by atoms with E-state index in [-0.39, 0.29) is 5.78 Å². The molecular weight excluding hydrogens is 280 g/mol. The predicted octanol–water partition coefficient (Wildman–Crippen LogP) is 3.78. The summed E-state index contributed by atoms with van der Waals surface area (Å²) in [5.41, 5.74) is 2.56. The number of hydrogen-bond donors (Lipinski definition) is 0. The molecule has 0 saturated heterocycles. The van der Waals surface area contributed by atoms with Crippen LogP contribution in [0.1, 0.15) is 49.7 Å². The third kappa shape index (κ3) is 2.96. The van der Waals surface area contributed by atoms with Crippen molar-refractivity contribution in [3.63, 3.8) is 0 Å². The lowest BCUT2D eigenvalue weighted by Gasteiger charge is -2.20. The molecule has 0 aromatic heterocycles. The molecule has 0 amide bonds. The second-order valence-electron chi connectivity index (χ2n) is 5.49. The highest BCUT2D eigenvalue weighted by Gasteiger charge is 2.38. The minimum absolute atomic E-state index is 0.0451. The Morgan fingerprint density at radius 2 is 1.95 bits per heavy atom. The Bertz CT molecular complexity index is 670. The van der Waals surface area contributed by atoms with Crippen LogP contribution in [-0.2, 0) is 9.53 Å². The zero-order valence-corrected chi connectivity index (χ0v) is 13.3. The van der Waals surface area contributed by atoms with Crippen LogP contribution >= 0.6 is 0 Å². The van der Waals surface area contributed by atoms with Gasteiger partial charge in [-0.15, -0.1) is 0 Å². The smallest absolute Gasteiger partial charge is 0.334 e. The lowest BCUT2D eigenvalue weighted by atomic mass is 9.99. The molecule has 0 fully saturated rings. The molecule has 1 aliphatic rings. The summed E-state index contributed by atoms with van der Waals surface area (Å²) in [6.45, 7) is 10.7. The number of hydrogen-bond acceptors (Lipinski definition) is 4. The molecule has 0 bridgehead atoms. The Balaban J connectivity index is 2.41. The molecular formula is C18H20O4. The Labute approximate surface area is 130 Å². The van der Waals surface area contributed by atoms with E-state index in [1.165, 1.54) is 6.92 Å². The molecule has 2 atom stereocenters. The van der Waals surface area contributed by atoms with E-state index in [9.17, 15) is 9.59 Å². The Kier molecular flexibility index (Phi) is 4.50. The monoisotopic (exact) mass is 300 g/mol. The molecule has 1 aliphatic heterocycles. The van der Waals surface area contributed by atoms with Crippen molar-refractivity contribution in [2.45, 2.75) is 39.9 Å². The van der Waals surface area contributed by atoms with Crippen LogP contribution in [-0.4, -0.2) is 17.9 Å². The quantitative estimate of drug-likeness (QED) is 0.367. The molecule has 116 valence electrons. The topological polar surface area (TPSA) is 52.6 Å². The van der Waals surface area contributed by atoms with Crippen LogP contribution < -0.4 is 4.74 Å². The number of rotatable bonds is 4. The third-order valence-electron chi connectivity index (χ3n) is 3.73. The van der Waals surface area contributed by atoms with Crippen LogP contribution in [0.25, 0.3) is 0 Å². The maximum absolute atomic E-state index is 12.1. The number of ketones is 1. The second kappa shape index (κ2) is 6.18. The van der Waals surface area contributed by atoms with Crippen molar-refractivity contribution in [2.24, 2.45) is 0 Å². The van der Waals surface area contributed by atoms with Crippen molar-refractivity contribution in [2.75, 3.05) is 0 Å². The Hall–Kier alpha value is -2.36. The van der Waals surface area contributed by atoms with E-state index in [0.717, 1.165) is 5.57 Å². The zero-order chi connectivity index (χ0) is 16.4. The Morgan fingerprint density at radius 1 is 1.27 bits per heavy atom. The SMILES string of the molecule is C=C(C)[C@@H]1Oc2ccc(C(C)=O)cc2[C@H]1OC(=O)/C(C)=C\C. The molecule has 0 aliphatic carbocycles. The van der Waals surface area contributed by atoms with Crippen molar-refractivity contribution in [1.29, 1.82) is 0 Å². The minimum atomic E-state index is -0.589. The number of benzene rings is 1. The highest BCUT2D eigenvalue weighted by molar-refractivity contribution is 5.94. The summed E-state index contributed by atoms with van der Waals surface area (Å²) in [7, 11) is 0. The van der Waals surface area contributed by atoms with Crippen LogP contribution in [0.3, 0.4) is 0 Å². The fourth-order valence-corrected chi connectivity index (χ4v) is 2.27. The van der Waals surface area contributed by atoms with E-state index < -0.39 is 18.2 Å². The van der Waals surface area contributed by atoms with Gasteiger partial charge in [0.15, 0.2) is 18.0 Å². The molecule has 1 aromatic carbocycles. The minimum Gasteiger partial charge on any atom is -0.481 e. The number of Topliss-reactive ketones (excluding diaryl/α,β-unsaturated/α-hetero) is 1. The van der Waals surface area contributed by atoms with Gasteiger partial charge < -0.3 is 9.47 Å². The zero-order valence-electron chi connectivity index (χ0n) is 13.3. The van der Waals surface area contributed by atoms with E-state index in [4.69, 9.17) is 9.47 Å². The van der Waals surface area contributed by atoms with Gasteiger partial charge in [0, 0.05) is 16.7 Å². The Morgan fingerprint density at radius 3 is 2.50 bits per heavy atom. The van der Waals surface area contributed by atoms with E-state index in [2.05, 4.69) is 6.58 Å². The maximum Gasteiger partial charge on any atom is 0.334 e. The molecule has 4 heteroatoms. The highest BCUT2D eigenvalue weighted by Crippen LogP contribution is 2.42. The van der Waals surface area contributed by atoms with E-state index in [1.807, 2.05) is 6.92 Å². The van der Waals surface area contributed by atoms with E-state index in [0.29, 0.717) is 22.4 Å². The van der Waals surface area contributed by atoms with E-state index in [1.54, 1.807) is 38.1 Å². The van der Waals surface area contributed by atoms with Gasteiger partial charge in [-0.2, -0.15) is 0 Å². The third-order valence-corrected chi connectivity index (χ3v) is 3.73. The average molecular weight is 300 g/mol. The molecule has 0 spiro atoms. The summed E-state index contributed by atoms with van der Waals surface area (Å²) in [5, 5.41) is 0. The first kappa shape index (κ1) is 16.0. The van der Waals surface area contributed by atoms with Crippen LogP contribution in [0.2, 0.25) is 0 Å². The molecule has 0 saturated carbocycles. The van der Waals surface area contributed by atoms with Gasteiger partial charge in [-0.05, 0) is 51.5 Å². The second-order valence-corrected chi connectivity index (χ2v) is 5.49. The van der Waals surface area contributed by atoms with Crippen molar-refractivity contribution in [1.82, 2.24) is 0 Å². The van der Waals surface area contributed by atoms with Crippen molar-refractivity contribution < 1.29 is 19.1 Å². The fraction of sp³-hybridized carbons (Fsp3) is 0.333. The summed E-state index contributed by atoms with van der Waals surface area (Å²) in [4.78, 5) is 23.7. The first-order valence-corrected chi connectivity index (χ1v) is 7.16. The van der Waals surface area contributed by atoms with Crippen molar-refractivity contribution >= 4 is 11.8 Å². The summed E-state index contributed by atoms with van der Waals surface area (Å²) < 4.78 is 11.4. The lowest BCUT2D eigenvalue weighted by Crippen LogP contribution is -2.24. The molecule has 0 unspecified atom stereocenters. The molecule has 0 radical (unpaired) electrons. The van der Waals surface area contributed by atoms with Crippen LogP contribution in [0.4, 0.5) is 0 Å². The number of allylic oxidation sites excluding steroid dienone is 1. The van der Waals surface area contributed by atoms with Gasteiger partial charge in [0.05, 0.1) is 0 Å². The van der Waals surface area contributed by atoms with Gasteiger partial charge in [0.25, 0.3) is 0 Å². The van der Waals surface area contributed by atoms with Gasteiger partial charge in [0.2, 0.25) is 0 Å². The van der Waals surface area contributed by atoms with Crippen LogP contribution in [0.5, 0.6) is 5.75 Å². The molecule has 22 heavy (non-hydrogen) atoms. The fourth-order valence-electron chi connectivity index (χ4n) is 2.27. The highest BCUT2D eigenvalue weighted by atomic mass is 16.6. The molecule has 0 N–H and O–H groups in total. The van der Waals surface area contributed by atoms with Gasteiger partial charge in [0.1, 0.15) is 5.75 Å². The van der Waals surface area contributed by atoms with Crippen molar-refractivity contribution in [3.05, 3.63) is 53.1 Å². The largest absolute Gasteiger partial charge is 0.481 e. The molecule has 1 aromatic rings. The van der Waals surface area contributed by atoms with Gasteiger partial charge in [-0.3, -0.25) is 4.79 Å². The van der Waals surface area contributed by atoms with E-state index >= 15 is 0 Å². The lowest BCUT2D eigenvalue weighted by molar-refractivity contribution is -0.146. The summed E-state index contributed by atoms with van der Waals surface area (Å²) in [5.74, 6) is 0.175. The number of fused-ring (bicyclic) bond motifs is 1. The molecule has 2 rings (SSSR count). The first-order valence-electron chi connectivity index (χ1n) is 7.16. The summed E-state index contributed by atoms with van der Waals surface area (Å²) >= 11 is 0. The first-order chi connectivity index (χ1) is 10.3. The summed E-state index contributed by atoms with van der Waals surface area (Å²) in [6.07, 6.45) is 0.667. The normalized spacial score (nSPS) is 20.1. The van der Waals surface area contributed by atoms with Gasteiger partial charge in [-0.25, -0.2) is 4.79 Å².